The smallest absolute Gasteiger partial charge is 0.267 e. The number of thiazole rings is 1. The number of anilines is 1. The van der Waals surface area contributed by atoms with E-state index in [4.69, 9.17) is 4.74 Å². The Hall–Kier alpha value is -1.88. The van der Waals surface area contributed by atoms with E-state index in [1.807, 2.05) is 6.92 Å². The molecule has 0 aliphatic carbocycles. The topological polar surface area (TPSA) is 51.2 Å². The fourth-order valence-corrected chi connectivity index (χ4v) is 2.01. The summed E-state index contributed by atoms with van der Waals surface area (Å²) in [6.07, 6.45) is 1.58. The second-order valence-electron chi connectivity index (χ2n) is 3.43. The Labute approximate surface area is 103 Å². The molecule has 0 unspecified atom stereocenters. The molecule has 0 saturated heterocycles. The second-order valence-corrected chi connectivity index (χ2v) is 4.66. The van der Waals surface area contributed by atoms with Gasteiger partial charge in [0.05, 0.1) is 18.3 Å². The van der Waals surface area contributed by atoms with Crippen LogP contribution in [0.15, 0.2) is 30.5 Å². The lowest BCUT2D eigenvalue weighted by atomic mass is 10.3. The molecule has 0 bridgehead atoms. The van der Waals surface area contributed by atoms with Gasteiger partial charge in [0.15, 0.2) is 0 Å². The highest BCUT2D eigenvalue weighted by atomic mass is 32.1. The Morgan fingerprint density at radius 1 is 1.35 bits per heavy atom. The lowest BCUT2D eigenvalue weighted by Crippen LogP contribution is -2.09. The summed E-state index contributed by atoms with van der Waals surface area (Å²) < 4.78 is 5.04. The van der Waals surface area contributed by atoms with E-state index >= 15 is 0 Å². The maximum Gasteiger partial charge on any atom is 0.267 e. The van der Waals surface area contributed by atoms with Crippen LogP contribution in [0.1, 0.15) is 14.7 Å². The molecule has 0 aliphatic heterocycles. The molecular formula is C12H12N2O2S. The van der Waals surface area contributed by atoms with Crippen molar-refractivity contribution in [1.82, 2.24) is 4.98 Å². The number of amides is 1. The molecule has 0 spiro atoms. The third-order valence-electron chi connectivity index (χ3n) is 2.19. The maximum absolute atomic E-state index is 11.8. The minimum absolute atomic E-state index is 0.138. The first-order chi connectivity index (χ1) is 8.19. The number of nitrogens with zero attached hydrogens (tertiary/aromatic N) is 1. The number of nitrogens with one attached hydrogen (secondary N) is 1. The summed E-state index contributed by atoms with van der Waals surface area (Å²) in [7, 11) is 1.60. The zero-order valence-electron chi connectivity index (χ0n) is 9.56. The number of aromatic nitrogens is 1. The molecule has 0 fully saturated rings. The van der Waals surface area contributed by atoms with Crippen LogP contribution in [-0.4, -0.2) is 18.0 Å². The SMILES string of the molecule is COc1ccc(NC(=O)c2cnc(C)s2)cc1. The zero-order valence-corrected chi connectivity index (χ0v) is 10.4. The van der Waals surface area contributed by atoms with Crippen LogP contribution >= 0.6 is 11.3 Å². The zero-order chi connectivity index (χ0) is 12.3. The van der Waals surface area contributed by atoms with Gasteiger partial charge in [-0.25, -0.2) is 4.98 Å². The Bertz CT molecular complexity index is 520. The molecule has 2 aromatic rings. The van der Waals surface area contributed by atoms with Gasteiger partial charge in [0, 0.05) is 5.69 Å². The molecule has 1 aromatic heterocycles. The Balaban J connectivity index is 2.07. The van der Waals surface area contributed by atoms with E-state index in [0.717, 1.165) is 16.4 Å². The van der Waals surface area contributed by atoms with E-state index in [-0.39, 0.29) is 5.91 Å². The minimum Gasteiger partial charge on any atom is -0.497 e. The van der Waals surface area contributed by atoms with Crippen molar-refractivity contribution in [1.29, 1.82) is 0 Å². The number of aryl methyl sites for hydroxylation is 1. The fraction of sp³-hybridized carbons (Fsp3) is 0.167. The first kappa shape index (κ1) is 11.6. The van der Waals surface area contributed by atoms with Crippen molar-refractivity contribution in [3.63, 3.8) is 0 Å². The van der Waals surface area contributed by atoms with Crippen LogP contribution in [0, 0.1) is 6.92 Å². The van der Waals surface area contributed by atoms with Crippen LogP contribution < -0.4 is 10.1 Å². The first-order valence-electron chi connectivity index (χ1n) is 5.07. The molecular weight excluding hydrogens is 236 g/mol. The van der Waals surface area contributed by atoms with E-state index in [9.17, 15) is 4.79 Å². The highest BCUT2D eigenvalue weighted by molar-refractivity contribution is 7.13. The average Bonchev–Trinajstić information content (AvgIpc) is 2.77. The van der Waals surface area contributed by atoms with Gasteiger partial charge in [-0.3, -0.25) is 4.79 Å². The number of rotatable bonds is 3. The largest absolute Gasteiger partial charge is 0.497 e. The standard InChI is InChI=1S/C12H12N2O2S/c1-8-13-7-11(17-8)12(15)14-9-3-5-10(16-2)6-4-9/h3-7H,1-2H3,(H,14,15). The Morgan fingerprint density at radius 3 is 2.59 bits per heavy atom. The van der Waals surface area contributed by atoms with Crippen LogP contribution in [0.2, 0.25) is 0 Å². The number of methoxy groups -OCH3 is 1. The lowest BCUT2D eigenvalue weighted by molar-refractivity contribution is 0.103. The third-order valence-corrected chi connectivity index (χ3v) is 3.10. The first-order valence-corrected chi connectivity index (χ1v) is 5.88. The average molecular weight is 248 g/mol. The van der Waals surface area contributed by atoms with Crippen molar-refractivity contribution in [2.75, 3.05) is 12.4 Å². The molecule has 1 aromatic carbocycles. The Morgan fingerprint density at radius 2 is 2.06 bits per heavy atom. The van der Waals surface area contributed by atoms with Gasteiger partial charge in [-0.05, 0) is 31.2 Å². The monoisotopic (exact) mass is 248 g/mol. The fourth-order valence-electron chi connectivity index (χ4n) is 1.33. The molecule has 0 atom stereocenters. The number of carbonyl (C=O) groups excluding carboxylic acids is 1. The summed E-state index contributed by atoms with van der Waals surface area (Å²) in [6, 6.07) is 7.19. The molecule has 0 aliphatic rings. The highest BCUT2D eigenvalue weighted by Gasteiger charge is 2.08. The predicted molar refractivity (Wildman–Crippen MR) is 67.8 cm³/mol. The normalized spacial score (nSPS) is 10.0. The number of carbonyl (C=O) groups is 1. The molecule has 4 nitrogen and oxygen atoms in total. The summed E-state index contributed by atoms with van der Waals surface area (Å²) in [4.78, 5) is 16.5. The molecule has 5 heteroatoms. The minimum atomic E-state index is -0.138. The van der Waals surface area contributed by atoms with Gasteiger partial charge in [0.2, 0.25) is 0 Å². The van der Waals surface area contributed by atoms with Crippen LogP contribution in [0.25, 0.3) is 0 Å². The van der Waals surface area contributed by atoms with Gasteiger partial charge in [-0.15, -0.1) is 11.3 Å². The van der Waals surface area contributed by atoms with E-state index in [1.165, 1.54) is 11.3 Å². The molecule has 0 saturated carbocycles. The van der Waals surface area contributed by atoms with Crippen molar-refractivity contribution in [2.24, 2.45) is 0 Å². The van der Waals surface area contributed by atoms with Gasteiger partial charge < -0.3 is 10.1 Å². The third kappa shape index (κ3) is 2.82. The molecule has 0 radical (unpaired) electrons. The number of benzene rings is 1. The van der Waals surface area contributed by atoms with Gasteiger partial charge in [0.1, 0.15) is 10.6 Å². The van der Waals surface area contributed by atoms with Crippen LogP contribution in [0.3, 0.4) is 0 Å². The van der Waals surface area contributed by atoms with Gasteiger partial charge in [-0.1, -0.05) is 0 Å². The van der Waals surface area contributed by atoms with Gasteiger partial charge in [0.25, 0.3) is 5.91 Å². The predicted octanol–water partition coefficient (Wildman–Crippen LogP) is 2.71. The Kier molecular flexibility index (Phi) is 3.39. The van der Waals surface area contributed by atoms with Crippen molar-refractivity contribution >= 4 is 22.9 Å². The maximum atomic E-state index is 11.8. The van der Waals surface area contributed by atoms with E-state index in [2.05, 4.69) is 10.3 Å². The molecule has 1 N–H and O–H groups in total. The summed E-state index contributed by atoms with van der Waals surface area (Å²) >= 11 is 1.37. The summed E-state index contributed by atoms with van der Waals surface area (Å²) in [5.74, 6) is 0.623. The molecule has 17 heavy (non-hydrogen) atoms. The van der Waals surface area contributed by atoms with E-state index in [1.54, 1.807) is 37.6 Å². The van der Waals surface area contributed by atoms with Crippen LogP contribution in [-0.2, 0) is 0 Å². The molecule has 1 heterocycles. The number of hydrogen-bond donors (Lipinski definition) is 1. The van der Waals surface area contributed by atoms with E-state index < -0.39 is 0 Å². The van der Waals surface area contributed by atoms with Crippen LogP contribution in [0.4, 0.5) is 5.69 Å². The quantitative estimate of drug-likeness (QED) is 0.908. The van der Waals surface area contributed by atoms with Gasteiger partial charge in [-0.2, -0.15) is 0 Å². The van der Waals surface area contributed by atoms with Crippen molar-refractivity contribution < 1.29 is 9.53 Å². The number of ether oxygens (including phenoxy) is 1. The van der Waals surface area contributed by atoms with Crippen molar-refractivity contribution in [2.45, 2.75) is 6.92 Å². The number of hydrogen-bond acceptors (Lipinski definition) is 4. The summed E-state index contributed by atoms with van der Waals surface area (Å²) in [6.45, 7) is 1.87. The van der Waals surface area contributed by atoms with Crippen LogP contribution in [0.5, 0.6) is 5.75 Å². The highest BCUT2D eigenvalue weighted by Crippen LogP contribution is 2.17. The lowest BCUT2D eigenvalue weighted by Gasteiger charge is -2.04. The summed E-state index contributed by atoms with van der Waals surface area (Å²) in [5.41, 5.74) is 0.738. The van der Waals surface area contributed by atoms with E-state index in [0.29, 0.717) is 4.88 Å². The van der Waals surface area contributed by atoms with Gasteiger partial charge >= 0.3 is 0 Å². The second kappa shape index (κ2) is 4.97. The molecule has 2 rings (SSSR count). The van der Waals surface area contributed by atoms with Crippen molar-refractivity contribution in [3.8, 4) is 5.75 Å². The summed E-state index contributed by atoms with van der Waals surface area (Å²) in [5, 5.41) is 3.68. The molecule has 88 valence electrons. The van der Waals surface area contributed by atoms with Crippen molar-refractivity contribution in [3.05, 3.63) is 40.3 Å². The molecule has 1 amide bonds.